The monoisotopic (exact) mass is 594 g/mol. The number of carbonyl (C=O) groups excluding carboxylic acids is 4. The van der Waals surface area contributed by atoms with E-state index in [0.29, 0.717) is 50.5 Å². The smallest absolute Gasteiger partial charge is 0.303 e. The predicted molar refractivity (Wildman–Crippen MR) is 151 cm³/mol. The van der Waals surface area contributed by atoms with Gasteiger partial charge >= 0.3 is 11.9 Å². The molecule has 1 aromatic carbocycles. The van der Waals surface area contributed by atoms with Crippen LogP contribution in [-0.2, 0) is 28.8 Å². The zero-order valence-corrected chi connectivity index (χ0v) is 24.0. The SMILES string of the molecule is O=C(O)CCCCCN1C(=O)C2CC=C3C(CC4C(=O)N(CCCCCC(=O)O)C(=O)C4C3c3ccccc3O)C2C1=O. The highest BCUT2D eigenvalue weighted by Gasteiger charge is 2.61. The average molecular weight is 595 g/mol. The Morgan fingerprint density at radius 1 is 0.698 bits per heavy atom. The maximum Gasteiger partial charge on any atom is 0.303 e. The Hall–Kier alpha value is -4.02. The summed E-state index contributed by atoms with van der Waals surface area (Å²) in [5.74, 6) is -6.67. The van der Waals surface area contributed by atoms with Crippen molar-refractivity contribution in [1.82, 2.24) is 9.80 Å². The zero-order chi connectivity index (χ0) is 30.8. The van der Waals surface area contributed by atoms with E-state index in [1.165, 1.54) is 15.9 Å². The molecule has 0 bridgehead atoms. The first-order valence-electron chi connectivity index (χ1n) is 15.2. The van der Waals surface area contributed by atoms with Crippen LogP contribution in [0.4, 0.5) is 0 Å². The van der Waals surface area contributed by atoms with E-state index in [4.69, 9.17) is 10.2 Å². The third kappa shape index (κ3) is 5.81. The number of hydrogen-bond donors (Lipinski definition) is 3. The second kappa shape index (κ2) is 12.7. The largest absolute Gasteiger partial charge is 0.508 e. The minimum Gasteiger partial charge on any atom is -0.508 e. The van der Waals surface area contributed by atoms with Crippen LogP contribution < -0.4 is 0 Å². The summed E-state index contributed by atoms with van der Waals surface area (Å²) in [6.45, 7) is 0.398. The number of fused-ring (bicyclic) bond motifs is 4. The number of allylic oxidation sites excluding steroid dienone is 2. The third-order valence-corrected chi connectivity index (χ3v) is 9.65. The Morgan fingerprint density at radius 2 is 1.26 bits per heavy atom. The van der Waals surface area contributed by atoms with Crippen LogP contribution in [0.25, 0.3) is 0 Å². The van der Waals surface area contributed by atoms with E-state index in [1.807, 2.05) is 6.08 Å². The van der Waals surface area contributed by atoms with Crippen molar-refractivity contribution in [3.8, 4) is 5.75 Å². The lowest BCUT2D eigenvalue weighted by Gasteiger charge is -2.44. The molecule has 0 aromatic heterocycles. The third-order valence-electron chi connectivity index (χ3n) is 9.65. The van der Waals surface area contributed by atoms with E-state index in [1.54, 1.807) is 18.2 Å². The molecule has 5 rings (SSSR count). The quantitative estimate of drug-likeness (QED) is 0.176. The van der Waals surface area contributed by atoms with Crippen LogP contribution in [0.1, 0.15) is 75.7 Å². The molecule has 4 amide bonds. The van der Waals surface area contributed by atoms with E-state index in [2.05, 4.69) is 0 Å². The van der Waals surface area contributed by atoms with Crippen molar-refractivity contribution in [2.45, 2.75) is 70.1 Å². The van der Waals surface area contributed by atoms with Gasteiger partial charge in [0.2, 0.25) is 23.6 Å². The highest BCUT2D eigenvalue weighted by molar-refractivity contribution is 6.08. The molecule has 0 spiro atoms. The van der Waals surface area contributed by atoms with Gasteiger partial charge in [-0.25, -0.2) is 0 Å². The second-order valence-corrected chi connectivity index (χ2v) is 12.1. The Bertz CT molecular complexity index is 1350. The number of nitrogens with zero attached hydrogens (tertiary/aromatic N) is 2. The maximum atomic E-state index is 13.8. The van der Waals surface area contributed by atoms with E-state index < -0.39 is 47.4 Å². The summed E-state index contributed by atoms with van der Waals surface area (Å²) in [6.07, 6.45) is 5.61. The van der Waals surface area contributed by atoms with Crippen molar-refractivity contribution in [1.29, 1.82) is 0 Å². The topological polar surface area (TPSA) is 170 Å². The maximum absolute atomic E-state index is 13.8. The van der Waals surface area contributed by atoms with Crippen molar-refractivity contribution < 1.29 is 44.1 Å². The van der Waals surface area contributed by atoms with Gasteiger partial charge in [0.1, 0.15) is 5.75 Å². The molecule has 4 aliphatic rings. The number of aromatic hydroxyl groups is 1. The number of carbonyl (C=O) groups is 6. The van der Waals surface area contributed by atoms with E-state index >= 15 is 0 Å². The minimum absolute atomic E-state index is 0.000828. The molecular formula is C32H38N2O9. The van der Waals surface area contributed by atoms with Gasteiger partial charge in [0.05, 0.1) is 23.7 Å². The van der Waals surface area contributed by atoms with Crippen LogP contribution in [0.3, 0.4) is 0 Å². The number of hydrogen-bond acceptors (Lipinski definition) is 7. The molecule has 11 heteroatoms. The minimum atomic E-state index is -0.893. The summed E-state index contributed by atoms with van der Waals surface area (Å²) in [7, 11) is 0. The van der Waals surface area contributed by atoms with Crippen LogP contribution in [-0.4, -0.2) is 73.8 Å². The number of carboxylic acid groups (broad SMARTS) is 2. The normalized spacial score (nSPS) is 28.0. The predicted octanol–water partition coefficient (Wildman–Crippen LogP) is 3.32. The first-order valence-corrected chi connectivity index (χ1v) is 15.2. The number of imide groups is 2. The van der Waals surface area contributed by atoms with Crippen LogP contribution in [0.2, 0.25) is 0 Å². The summed E-state index contributed by atoms with van der Waals surface area (Å²) >= 11 is 0. The average Bonchev–Trinajstić information content (AvgIpc) is 3.35. The number of amides is 4. The molecule has 3 fully saturated rings. The van der Waals surface area contributed by atoms with Crippen LogP contribution in [0.15, 0.2) is 35.9 Å². The molecular weight excluding hydrogens is 556 g/mol. The zero-order valence-electron chi connectivity index (χ0n) is 24.0. The van der Waals surface area contributed by atoms with Crippen molar-refractivity contribution >= 4 is 35.6 Å². The molecule has 2 heterocycles. The lowest BCUT2D eigenvalue weighted by Crippen LogP contribution is -2.43. The first kappa shape index (κ1) is 30.4. The first-order chi connectivity index (χ1) is 20.6. The molecule has 230 valence electrons. The van der Waals surface area contributed by atoms with E-state index in [-0.39, 0.29) is 61.7 Å². The molecule has 11 nitrogen and oxygen atoms in total. The second-order valence-electron chi connectivity index (χ2n) is 12.1. The molecule has 0 radical (unpaired) electrons. The summed E-state index contributed by atoms with van der Waals surface area (Å²) in [6, 6.07) is 6.72. The summed E-state index contributed by atoms with van der Waals surface area (Å²) < 4.78 is 0. The Kier molecular flexibility index (Phi) is 8.98. The van der Waals surface area contributed by atoms with Gasteiger partial charge in [0, 0.05) is 37.4 Å². The molecule has 3 N–H and O–H groups in total. The molecule has 6 atom stereocenters. The number of phenols is 1. The van der Waals surface area contributed by atoms with Gasteiger partial charge in [-0.2, -0.15) is 0 Å². The van der Waals surface area contributed by atoms with Gasteiger partial charge in [-0.3, -0.25) is 38.6 Å². The number of unbranched alkanes of at least 4 members (excludes halogenated alkanes) is 4. The number of phenolic OH excluding ortho intramolecular Hbond substituents is 1. The highest BCUT2D eigenvalue weighted by atomic mass is 16.4. The fraction of sp³-hybridized carbons (Fsp3) is 0.562. The lowest BCUT2D eigenvalue weighted by molar-refractivity contribution is -0.142. The number of likely N-dealkylation sites (tertiary alicyclic amines) is 2. The standard InChI is InChI=1S/C32H38N2O9/c35-23-10-6-5-9-19(23)26-18-13-14-20-27(31(42)33(29(20)40)15-7-1-3-11-24(36)37)21(18)17-22-28(26)32(43)34(30(22)41)16-8-2-4-12-25(38)39/h5-6,9-10,13,20-22,26-28,35H,1-4,7-8,11-12,14-17H2,(H,36,37)(H,38,39). The molecule has 43 heavy (non-hydrogen) atoms. The fourth-order valence-corrected chi connectivity index (χ4v) is 7.70. The molecule has 2 saturated heterocycles. The number of para-hydroxylation sites is 1. The number of benzene rings is 1. The number of aliphatic carboxylic acids is 2. The van der Waals surface area contributed by atoms with E-state index in [0.717, 1.165) is 5.57 Å². The van der Waals surface area contributed by atoms with Crippen LogP contribution >= 0.6 is 0 Å². The Morgan fingerprint density at radius 3 is 1.84 bits per heavy atom. The van der Waals surface area contributed by atoms with Crippen molar-refractivity contribution in [3.63, 3.8) is 0 Å². The summed E-state index contributed by atoms with van der Waals surface area (Å²) in [5, 5.41) is 28.7. The Balaban J connectivity index is 1.40. The summed E-state index contributed by atoms with van der Waals surface area (Å²) in [5.41, 5.74) is 1.33. The van der Waals surface area contributed by atoms with Crippen LogP contribution in [0, 0.1) is 29.6 Å². The van der Waals surface area contributed by atoms with Gasteiger partial charge in [0.15, 0.2) is 0 Å². The van der Waals surface area contributed by atoms with Crippen molar-refractivity contribution in [3.05, 3.63) is 41.5 Å². The lowest BCUT2D eigenvalue weighted by atomic mass is 9.57. The molecule has 6 unspecified atom stereocenters. The Labute approximate surface area is 249 Å². The van der Waals surface area contributed by atoms with Gasteiger partial charge < -0.3 is 15.3 Å². The molecule has 1 aromatic rings. The molecule has 2 aliphatic heterocycles. The van der Waals surface area contributed by atoms with Gasteiger partial charge in [-0.1, -0.05) is 42.7 Å². The van der Waals surface area contributed by atoms with Crippen molar-refractivity contribution in [2.75, 3.05) is 13.1 Å². The number of rotatable bonds is 13. The van der Waals surface area contributed by atoms with Crippen LogP contribution in [0.5, 0.6) is 5.75 Å². The van der Waals surface area contributed by atoms with Gasteiger partial charge in [-0.05, 0) is 50.5 Å². The summed E-state index contributed by atoms with van der Waals surface area (Å²) in [4.78, 5) is 78.9. The fourth-order valence-electron chi connectivity index (χ4n) is 7.70. The molecule has 2 aliphatic carbocycles. The van der Waals surface area contributed by atoms with Gasteiger partial charge in [-0.15, -0.1) is 0 Å². The van der Waals surface area contributed by atoms with Crippen molar-refractivity contribution in [2.24, 2.45) is 29.6 Å². The van der Waals surface area contributed by atoms with E-state index in [9.17, 15) is 33.9 Å². The highest BCUT2D eigenvalue weighted by Crippen LogP contribution is 2.58. The van der Waals surface area contributed by atoms with Gasteiger partial charge in [0.25, 0.3) is 0 Å². The molecule has 1 saturated carbocycles. The number of carboxylic acids is 2.